The maximum absolute atomic E-state index is 12.5. The van der Waals surface area contributed by atoms with E-state index in [1.165, 1.54) is 23.5 Å². The number of nitrogens with zero attached hydrogens (tertiary/aromatic N) is 3. The molecule has 2 fully saturated rings. The third kappa shape index (κ3) is 4.04. The number of piperidine rings is 1. The Morgan fingerprint density at radius 1 is 1.18 bits per heavy atom. The number of amides is 2. The van der Waals surface area contributed by atoms with Gasteiger partial charge in [-0.3, -0.25) is 19.7 Å². The number of anilines is 1. The Balaban J connectivity index is 1.35. The molecule has 0 spiro atoms. The Labute approximate surface area is 165 Å². The molecule has 146 valence electrons. The van der Waals surface area contributed by atoms with E-state index in [0.717, 1.165) is 12.8 Å². The van der Waals surface area contributed by atoms with Gasteiger partial charge in [0.15, 0.2) is 5.13 Å². The molecule has 0 atom stereocenters. The van der Waals surface area contributed by atoms with Crippen LogP contribution in [0.3, 0.4) is 0 Å². The highest BCUT2D eigenvalue weighted by molar-refractivity contribution is 7.14. The van der Waals surface area contributed by atoms with E-state index in [1.807, 2.05) is 4.90 Å². The topological polar surface area (TPSA) is 105 Å². The van der Waals surface area contributed by atoms with Gasteiger partial charge in [-0.25, -0.2) is 4.98 Å². The molecule has 2 aliphatic rings. The number of hydrogen-bond acceptors (Lipinski definition) is 6. The van der Waals surface area contributed by atoms with Gasteiger partial charge in [0.25, 0.3) is 5.69 Å². The van der Waals surface area contributed by atoms with Crippen molar-refractivity contribution >= 4 is 34.0 Å². The third-order valence-corrected chi connectivity index (χ3v) is 5.95. The molecule has 4 rings (SSSR count). The van der Waals surface area contributed by atoms with Crippen molar-refractivity contribution in [1.82, 2.24) is 9.88 Å². The standard InChI is InChI=1S/C19H20N4O4S/c24-17(12-6-8-22(9-7-12)18(25)13-4-5-13)21-19-20-16(11-28-19)14-2-1-3-15(10-14)23(26)27/h1-3,10-13H,4-9H2,(H,20,21,24). The normalized spacial score (nSPS) is 17.4. The number of hydrogen-bond donors (Lipinski definition) is 1. The van der Waals surface area contributed by atoms with Gasteiger partial charge in [-0.05, 0) is 25.7 Å². The summed E-state index contributed by atoms with van der Waals surface area (Å²) in [6.45, 7) is 1.26. The van der Waals surface area contributed by atoms with Crippen molar-refractivity contribution in [3.05, 3.63) is 39.8 Å². The quantitative estimate of drug-likeness (QED) is 0.612. The molecule has 1 aliphatic heterocycles. The lowest BCUT2D eigenvalue weighted by atomic mass is 9.95. The van der Waals surface area contributed by atoms with E-state index in [1.54, 1.807) is 17.5 Å². The number of nitrogens with one attached hydrogen (secondary N) is 1. The molecule has 1 saturated heterocycles. The zero-order chi connectivity index (χ0) is 19.7. The average molecular weight is 400 g/mol. The van der Waals surface area contributed by atoms with Gasteiger partial charge in [0.05, 0.1) is 10.6 Å². The number of carbonyl (C=O) groups is 2. The van der Waals surface area contributed by atoms with E-state index in [9.17, 15) is 19.7 Å². The van der Waals surface area contributed by atoms with Crippen molar-refractivity contribution < 1.29 is 14.5 Å². The second kappa shape index (κ2) is 7.67. The van der Waals surface area contributed by atoms with Crippen LogP contribution >= 0.6 is 11.3 Å². The van der Waals surface area contributed by atoms with Crippen molar-refractivity contribution in [3.8, 4) is 11.3 Å². The maximum Gasteiger partial charge on any atom is 0.270 e. The van der Waals surface area contributed by atoms with Gasteiger partial charge in [0.2, 0.25) is 11.8 Å². The first-order chi connectivity index (χ1) is 13.5. The molecule has 8 nitrogen and oxygen atoms in total. The van der Waals surface area contributed by atoms with Crippen LogP contribution in [-0.4, -0.2) is 39.7 Å². The van der Waals surface area contributed by atoms with Gasteiger partial charge in [-0.15, -0.1) is 11.3 Å². The summed E-state index contributed by atoms with van der Waals surface area (Å²) in [6, 6.07) is 6.26. The Morgan fingerprint density at radius 3 is 2.61 bits per heavy atom. The molecule has 1 aliphatic carbocycles. The summed E-state index contributed by atoms with van der Waals surface area (Å²) >= 11 is 1.29. The zero-order valence-electron chi connectivity index (χ0n) is 15.2. The number of likely N-dealkylation sites (tertiary alicyclic amines) is 1. The fourth-order valence-electron chi connectivity index (χ4n) is 3.40. The van der Waals surface area contributed by atoms with E-state index in [2.05, 4.69) is 10.3 Å². The van der Waals surface area contributed by atoms with Crippen LogP contribution < -0.4 is 5.32 Å². The molecule has 1 aromatic carbocycles. The van der Waals surface area contributed by atoms with Crippen molar-refractivity contribution in [1.29, 1.82) is 0 Å². The zero-order valence-corrected chi connectivity index (χ0v) is 16.0. The summed E-state index contributed by atoms with van der Waals surface area (Å²) in [5.41, 5.74) is 1.23. The summed E-state index contributed by atoms with van der Waals surface area (Å²) in [5.74, 6) is 0.236. The Kier molecular flexibility index (Phi) is 5.08. The number of non-ortho nitro benzene ring substituents is 1. The third-order valence-electron chi connectivity index (χ3n) is 5.19. The second-order valence-corrected chi connectivity index (χ2v) is 8.07. The fourth-order valence-corrected chi connectivity index (χ4v) is 4.12. The van der Waals surface area contributed by atoms with Crippen LogP contribution in [0.25, 0.3) is 11.3 Å². The van der Waals surface area contributed by atoms with E-state index in [-0.39, 0.29) is 29.3 Å². The summed E-state index contributed by atoms with van der Waals surface area (Å²) in [5, 5.41) is 16.0. The molecular formula is C19H20N4O4S. The minimum atomic E-state index is -0.446. The minimum Gasteiger partial charge on any atom is -0.342 e. The number of nitro groups is 1. The van der Waals surface area contributed by atoms with Crippen LogP contribution in [0.5, 0.6) is 0 Å². The van der Waals surface area contributed by atoms with Crippen LogP contribution in [0.1, 0.15) is 25.7 Å². The number of benzene rings is 1. The van der Waals surface area contributed by atoms with Crippen LogP contribution in [0, 0.1) is 22.0 Å². The van der Waals surface area contributed by atoms with Crippen LogP contribution in [-0.2, 0) is 9.59 Å². The van der Waals surface area contributed by atoms with E-state index >= 15 is 0 Å². The predicted octanol–water partition coefficient (Wildman–Crippen LogP) is 3.31. The molecule has 2 heterocycles. The lowest BCUT2D eigenvalue weighted by Gasteiger charge is -2.31. The van der Waals surface area contributed by atoms with Gasteiger partial charge in [-0.1, -0.05) is 12.1 Å². The summed E-state index contributed by atoms with van der Waals surface area (Å²) in [6.07, 6.45) is 3.31. The lowest BCUT2D eigenvalue weighted by Crippen LogP contribution is -2.42. The van der Waals surface area contributed by atoms with Crippen molar-refractivity contribution in [3.63, 3.8) is 0 Å². The van der Waals surface area contributed by atoms with E-state index < -0.39 is 4.92 Å². The SMILES string of the molecule is O=C(Nc1nc(-c2cccc([N+](=O)[O-])c2)cs1)C1CCN(C(=O)C2CC2)CC1. The van der Waals surface area contributed by atoms with Gasteiger partial charge >= 0.3 is 0 Å². The Hall–Kier alpha value is -2.81. The molecule has 0 unspecified atom stereocenters. The monoisotopic (exact) mass is 400 g/mol. The first-order valence-corrected chi connectivity index (χ1v) is 10.2. The lowest BCUT2D eigenvalue weighted by molar-refractivity contribution is -0.384. The molecular weight excluding hydrogens is 380 g/mol. The summed E-state index contributed by atoms with van der Waals surface area (Å²) < 4.78 is 0. The van der Waals surface area contributed by atoms with Gasteiger partial charge in [-0.2, -0.15) is 0 Å². The number of carbonyl (C=O) groups excluding carboxylic acids is 2. The molecule has 2 aromatic rings. The smallest absolute Gasteiger partial charge is 0.270 e. The molecule has 1 saturated carbocycles. The first kappa shape index (κ1) is 18.5. The van der Waals surface area contributed by atoms with Gasteiger partial charge in [0, 0.05) is 48.0 Å². The first-order valence-electron chi connectivity index (χ1n) is 9.31. The molecule has 1 N–H and O–H groups in total. The van der Waals surface area contributed by atoms with E-state index in [0.29, 0.717) is 42.3 Å². The highest BCUT2D eigenvalue weighted by Crippen LogP contribution is 2.33. The number of rotatable bonds is 5. The van der Waals surface area contributed by atoms with Crippen LogP contribution in [0.15, 0.2) is 29.6 Å². The molecule has 9 heteroatoms. The molecule has 28 heavy (non-hydrogen) atoms. The van der Waals surface area contributed by atoms with Crippen molar-refractivity contribution in [2.24, 2.45) is 11.8 Å². The molecule has 1 aromatic heterocycles. The highest BCUT2D eigenvalue weighted by atomic mass is 32.1. The second-order valence-electron chi connectivity index (χ2n) is 7.21. The Bertz CT molecular complexity index is 916. The largest absolute Gasteiger partial charge is 0.342 e. The van der Waals surface area contributed by atoms with Crippen LogP contribution in [0.2, 0.25) is 0 Å². The highest BCUT2D eigenvalue weighted by Gasteiger charge is 2.36. The predicted molar refractivity (Wildman–Crippen MR) is 105 cm³/mol. The van der Waals surface area contributed by atoms with Crippen molar-refractivity contribution in [2.45, 2.75) is 25.7 Å². The number of aromatic nitrogens is 1. The number of nitro benzene ring substituents is 1. The average Bonchev–Trinajstić information content (AvgIpc) is 3.46. The summed E-state index contributed by atoms with van der Waals surface area (Å²) in [4.78, 5) is 41.4. The summed E-state index contributed by atoms with van der Waals surface area (Å²) in [7, 11) is 0. The molecule has 2 amide bonds. The molecule has 0 radical (unpaired) electrons. The van der Waals surface area contributed by atoms with Crippen LogP contribution in [0.4, 0.5) is 10.8 Å². The van der Waals surface area contributed by atoms with Crippen molar-refractivity contribution in [2.75, 3.05) is 18.4 Å². The van der Waals surface area contributed by atoms with Gasteiger partial charge in [0.1, 0.15) is 0 Å². The van der Waals surface area contributed by atoms with Gasteiger partial charge < -0.3 is 10.2 Å². The fraction of sp³-hybridized carbons (Fsp3) is 0.421. The Morgan fingerprint density at radius 2 is 1.93 bits per heavy atom. The number of thiazole rings is 1. The molecule has 0 bridgehead atoms. The van der Waals surface area contributed by atoms with E-state index in [4.69, 9.17) is 0 Å². The maximum atomic E-state index is 12.5. The minimum absolute atomic E-state index is 0.00332.